The van der Waals surface area contributed by atoms with E-state index in [1.165, 1.54) is 19.4 Å². The van der Waals surface area contributed by atoms with E-state index in [-0.39, 0.29) is 0 Å². The fraction of sp³-hybridized carbons (Fsp3) is 0.667. The molecule has 0 aliphatic carbocycles. The minimum absolute atomic E-state index is 0.396. The zero-order chi connectivity index (χ0) is 10.3. The van der Waals surface area contributed by atoms with Crippen LogP contribution in [-0.2, 0) is 0 Å². The largest absolute Gasteiger partial charge is 0.465 e. The van der Waals surface area contributed by atoms with Gasteiger partial charge in [0, 0.05) is 19.1 Å². The van der Waals surface area contributed by atoms with Crippen LogP contribution in [0.2, 0.25) is 0 Å². The van der Waals surface area contributed by atoms with Gasteiger partial charge in [0.1, 0.15) is 11.5 Å². The van der Waals surface area contributed by atoms with Crippen molar-refractivity contribution in [3.05, 3.63) is 23.7 Å². The maximum absolute atomic E-state index is 5.68. The van der Waals surface area contributed by atoms with Gasteiger partial charge in [-0.2, -0.15) is 0 Å². The predicted molar refractivity (Wildman–Crippen MR) is 58.8 cm³/mol. The number of piperazine rings is 1. The van der Waals surface area contributed by atoms with E-state index < -0.39 is 0 Å². The van der Waals surface area contributed by atoms with Gasteiger partial charge >= 0.3 is 0 Å². The maximum Gasteiger partial charge on any atom is 0.122 e. The molecule has 15 heavy (non-hydrogen) atoms. The van der Waals surface area contributed by atoms with Crippen LogP contribution in [0.15, 0.2) is 16.5 Å². The van der Waals surface area contributed by atoms with Crippen molar-refractivity contribution in [3.63, 3.8) is 0 Å². The summed E-state index contributed by atoms with van der Waals surface area (Å²) in [6.07, 6.45) is 2.72. The highest BCUT2D eigenvalue weighted by molar-refractivity contribution is 5.11. The lowest BCUT2D eigenvalue weighted by molar-refractivity contribution is 0.162. The predicted octanol–water partition coefficient (Wildman–Crippen LogP) is 1.70. The van der Waals surface area contributed by atoms with Gasteiger partial charge in [0.05, 0.1) is 6.04 Å². The van der Waals surface area contributed by atoms with Crippen LogP contribution in [0.4, 0.5) is 0 Å². The molecule has 3 nitrogen and oxygen atoms in total. The van der Waals surface area contributed by atoms with Gasteiger partial charge in [0.15, 0.2) is 0 Å². The molecular formula is C12H18N2O. The average molecular weight is 206 g/mol. The van der Waals surface area contributed by atoms with Crippen molar-refractivity contribution in [2.75, 3.05) is 19.6 Å². The second-order valence-corrected chi connectivity index (χ2v) is 4.70. The minimum atomic E-state index is 0.396. The second kappa shape index (κ2) is 3.65. The van der Waals surface area contributed by atoms with Crippen LogP contribution in [-0.4, -0.2) is 30.6 Å². The molecule has 2 unspecified atom stereocenters. The third-order valence-electron chi connectivity index (χ3n) is 3.62. The van der Waals surface area contributed by atoms with Gasteiger partial charge in [-0.15, -0.1) is 0 Å². The van der Waals surface area contributed by atoms with Gasteiger partial charge in [-0.25, -0.2) is 0 Å². The molecule has 2 aliphatic heterocycles. The summed E-state index contributed by atoms with van der Waals surface area (Å²) in [4.78, 5) is 2.60. The number of hydrogen-bond acceptors (Lipinski definition) is 3. The summed E-state index contributed by atoms with van der Waals surface area (Å²) in [6.45, 7) is 5.50. The van der Waals surface area contributed by atoms with E-state index in [2.05, 4.69) is 16.3 Å². The van der Waals surface area contributed by atoms with Crippen LogP contribution in [0.1, 0.15) is 30.4 Å². The van der Waals surface area contributed by atoms with E-state index >= 15 is 0 Å². The average Bonchev–Trinajstić information content (AvgIpc) is 2.84. The van der Waals surface area contributed by atoms with E-state index in [4.69, 9.17) is 4.42 Å². The molecule has 0 radical (unpaired) electrons. The molecule has 0 spiro atoms. The Kier molecular flexibility index (Phi) is 2.29. The summed E-state index contributed by atoms with van der Waals surface area (Å²) in [5.74, 6) is 2.10. The minimum Gasteiger partial charge on any atom is -0.465 e. The maximum atomic E-state index is 5.68. The van der Waals surface area contributed by atoms with Gasteiger partial charge < -0.3 is 9.73 Å². The third kappa shape index (κ3) is 1.70. The molecular weight excluding hydrogens is 188 g/mol. The van der Waals surface area contributed by atoms with Crippen molar-refractivity contribution in [1.82, 2.24) is 10.2 Å². The first-order valence-electron chi connectivity index (χ1n) is 5.87. The van der Waals surface area contributed by atoms with Crippen molar-refractivity contribution < 1.29 is 4.42 Å². The molecule has 0 amide bonds. The molecule has 0 bridgehead atoms. The smallest absolute Gasteiger partial charge is 0.122 e. The molecule has 1 aromatic heterocycles. The summed E-state index contributed by atoms with van der Waals surface area (Å²) < 4.78 is 5.68. The van der Waals surface area contributed by atoms with Crippen molar-refractivity contribution in [2.24, 2.45) is 0 Å². The Bertz CT molecular complexity index is 347. The Morgan fingerprint density at radius 1 is 1.47 bits per heavy atom. The Morgan fingerprint density at radius 3 is 3.20 bits per heavy atom. The first-order valence-corrected chi connectivity index (χ1v) is 5.87. The molecule has 3 heteroatoms. The van der Waals surface area contributed by atoms with Gasteiger partial charge in [-0.1, -0.05) is 0 Å². The SMILES string of the molecule is Cc1ccc(C2CN3CCCC3CN2)o1. The number of fused-ring (bicyclic) bond motifs is 1. The van der Waals surface area contributed by atoms with Crippen LogP contribution in [0.25, 0.3) is 0 Å². The fourth-order valence-corrected chi connectivity index (χ4v) is 2.78. The van der Waals surface area contributed by atoms with Crippen molar-refractivity contribution in [1.29, 1.82) is 0 Å². The van der Waals surface area contributed by atoms with E-state index in [1.807, 2.05) is 13.0 Å². The Morgan fingerprint density at radius 2 is 2.40 bits per heavy atom. The zero-order valence-electron chi connectivity index (χ0n) is 9.20. The molecule has 82 valence electrons. The van der Waals surface area contributed by atoms with Crippen molar-refractivity contribution in [2.45, 2.75) is 31.8 Å². The summed E-state index contributed by atoms with van der Waals surface area (Å²) >= 11 is 0. The molecule has 2 atom stereocenters. The Balaban J connectivity index is 1.73. The Hall–Kier alpha value is -0.800. The topological polar surface area (TPSA) is 28.4 Å². The number of nitrogens with one attached hydrogen (secondary N) is 1. The summed E-state index contributed by atoms with van der Waals surface area (Å²) in [5, 5.41) is 3.58. The quantitative estimate of drug-likeness (QED) is 0.758. The molecule has 3 rings (SSSR count). The number of hydrogen-bond donors (Lipinski definition) is 1. The number of rotatable bonds is 1. The van der Waals surface area contributed by atoms with E-state index in [0.717, 1.165) is 30.7 Å². The second-order valence-electron chi connectivity index (χ2n) is 4.70. The summed E-state index contributed by atoms with van der Waals surface area (Å²) in [6, 6.07) is 5.32. The molecule has 0 aromatic carbocycles. The van der Waals surface area contributed by atoms with E-state index in [0.29, 0.717) is 6.04 Å². The lowest BCUT2D eigenvalue weighted by Crippen LogP contribution is -2.49. The molecule has 2 fully saturated rings. The molecule has 1 aromatic rings. The number of nitrogens with zero attached hydrogens (tertiary/aromatic N) is 1. The first-order chi connectivity index (χ1) is 7.33. The van der Waals surface area contributed by atoms with Crippen LogP contribution in [0, 0.1) is 6.92 Å². The Labute approximate surface area is 90.4 Å². The van der Waals surface area contributed by atoms with Gasteiger partial charge in [-0.05, 0) is 38.4 Å². The van der Waals surface area contributed by atoms with Crippen molar-refractivity contribution >= 4 is 0 Å². The van der Waals surface area contributed by atoms with Gasteiger partial charge in [-0.3, -0.25) is 4.90 Å². The number of furan rings is 1. The number of aryl methyl sites for hydroxylation is 1. The van der Waals surface area contributed by atoms with Crippen molar-refractivity contribution in [3.8, 4) is 0 Å². The molecule has 3 heterocycles. The lowest BCUT2D eigenvalue weighted by Gasteiger charge is -2.35. The van der Waals surface area contributed by atoms with Gasteiger partial charge in [0.2, 0.25) is 0 Å². The highest BCUT2D eigenvalue weighted by atomic mass is 16.3. The van der Waals surface area contributed by atoms with E-state index in [1.54, 1.807) is 0 Å². The monoisotopic (exact) mass is 206 g/mol. The van der Waals surface area contributed by atoms with Crippen LogP contribution >= 0.6 is 0 Å². The molecule has 1 N–H and O–H groups in total. The van der Waals surface area contributed by atoms with Gasteiger partial charge in [0.25, 0.3) is 0 Å². The summed E-state index contributed by atoms with van der Waals surface area (Å²) in [7, 11) is 0. The molecule has 0 saturated carbocycles. The van der Waals surface area contributed by atoms with Crippen LogP contribution in [0.5, 0.6) is 0 Å². The van der Waals surface area contributed by atoms with E-state index in [9.17, 15) is 0 Å². The van der Waals surface area contributed by atoms with Crippen LogP contribution in [0.3, 0.4) is 0 Å². The molecule has 2 saturated heterocycles. The molecule has 2 aliphatic rings. The normalized spacial score (nSPS) is 31.8. The standard InChI is InChI=1S/C12H18N2O/c1-9-4-5-12(15-9)11-8-14-6-2-3-10(14)7-13-11/h4-5,10-11,13H,2-3,6-8H2,1H3. The highest BCUT2D eigenvalue weighted by Gasteiger charge is 2.32. The first kappa shape index (κ1) is 9.43. The highest BCUT2D eigenvalue weighted by Crippen LogP contribution is 2.26. The fourth-order valence-electron chi connectivity index (χ4n) is 2.78. The summed E-state index contributed by atoms with van der Waals surface area (Å²) in [5.41, 5.74) is 0. The zero-order valence-corrected chi connectivity index (χ0v) is 9.20. The lowest BCUT2D eigenvalue weighted by atomic mass is 10.1. The van der Waals surface area contributed by atoms with Crippen LogP contribution < -0.4 is 5.32 Å². The third-order valence-corrected chi connectivity index (χ3v) is 3.62.